The van der Waals surface area contributed by atoms with E-state index in [1.165, 1.54) is 0 Å². The van der Waals surface area contributed by atoms with Gasteiger partial charge in [0.05, 0.1) is 5.69 Å². The van der Waals surface area contributed by atoms with Crippen LogP contribution in [0.5, 0.6) is 5.75 Å². The molecule has 1 aromatic heterocycles. The van der Waals surface area contributed by atoms with Crippen molar-refractivity contribution in [3.8, 4) is 5.75 Å². The Bertz CT molecular complexity index is 673. The summed E-state index contributed by atoms with van der Waals surface area (Å²) < 4.78 is 5.47. The summed E-state index contributed by atoms with van der Waals surface area (Å²) in [6.07, 6.45) is 1.60. The number of rotatable bonds is 5. The van der Waals surface area contributed by atoms with Gasteiger partial charge in [0, 0.05) is 17.5 Å². The van der Waals surface area contributed by atoms with E-state index >= 15 is 0 Å². The van der Waals surface area contributed by atoms with Crippen LogP contribution in [0, 0.1) is 6.92 Å². The van der Waals surface area contributed by atoms with E-state index in [1.54, 1.807) is 42.6 Å². The van der Waals surface area contributed by atoms with Crippen LogP contribution >= 0.6 is 12.2 Å². The second-order valence-electron chi connectivity index (χ2n) is 4.39. The lowest BCUT2D eigenvalue weighted by atomic mass is 10.2. The molecule has 0 saturated heterocycles. The maximum atomic E-state index is 12.2. The Balaban J connectivity index is 2.15. The molecule has 1 aromatic carbocycles. The Morgan fingerprint density at radius 1 is 1.38 bits per heavy atom. The molecule has 6 heteroatoms. The quantitative estimate of drug-likeness (QED) is 0.829. The first kappa shape index (κ1) is 14.9. The molecule has 0 aliphatic carbocycles. The van der Waals surface area contributed by atoms with Gasteiger partial charge in [-0.25, -0.2) is 0 Å². The van der Waals surface area contributed by atoms with Crippen LogP contribution in [0.4, 0.5) is 5.69 Å². The van der Waals surface area contributed by atoms with Crippen LogP contribution in [0.2, 0.25) is 0 Å². The number of para-hydroxylation sites is 2. The van der Waals surface area contributed by atoms with Crippen molar-refractivity contribution >= 4 is 28.8 Å². The van der Waals surface area contributed by atoms with Crippen LogP contribution in [-0.4, -0.2) is 22.5 Å². The topological polar surface area (TPSA) is 77.2 Å². The van der Waals surface area contributed by atoms with E-state index in [0.29, 0.717) is 17.0 Å². The maximum Gasteiger partial charge on any atom is 0.255 e. The Kier molecular flexibility index (Phi) is 4.84. The van der Waals surface area contributed by atoms with Crippen molar-refractivity contribution in [1.82, 2.24) is 4.98 Å². The van der Waals surface area contributed by atoms with Crippen molar-refractivity contribution in [3.05, 3.63) is 53.9 Å². The number of nitrogens with one attached hydrogen (secondary N) is 1. The minimum absolute atomic E-state index is 0.122. The van der Waals surface area contributed by atoms with Gasteiger partial charge in [0.2, 0.25) is 0 Å². The zero-order valence-electron chi connectivity index (χ0n) is 11.5. The standard InChI is InChI=1S/C15H15N3O2S/c1-10-8-11(6-7-17-10)15(19)18-12-4-2-3-5-13(12)20-9-14(16)21/h2-8H,9H2,1H3,(H2,16,21)(H,18,19). The van der Waals surface area contributed by atoms with Crippen LogP contribution in [-0.2, 0) is 0 Å². The van der Waals surface area contributed by atoms with Gasteiger partial charge in [-0.2, -0.15) is 0 Å². The number of nitrogens with two attached hydrogens (primary N) is 1. The van der Waals surface area contributed by atoms with E-state index in [1.807, 2.05) is 6.92 Å². The van der Waals surface area contributed by atoms with Crippen LogP contribution < -0.4 is 15.8 Å². The third-order valence-corrected chi connectivity index (χ3v) is 2.78. The minimum atomic E-state index is -0.230. The van der Waals surface area contributed by atoms with Crippen LogP contribution in [0.1, 0.15) is 16.1 Å². The number of hydrogen-bond acceptors (Lipinski definition) is 4. The number of aryl methyl sites for hydroxylation is 1. The van der Waals surface area contributed by atoms with Gasteiger partial charge in [0.15, 0.2) is 0 Å². The molecular weight excluding hydrogens is 286 g/mol. The van der Waals surface area contributed by atoms with Gasteiger partial charge in [0.25, 0.3) is 5.91 Å². The molecule has 21 heavy (non-hydrogen) atoms. The Morgan fingerprint density at radius 2 is 2.14 bits per heavy atom. The fraction of sp³-hybridized carbons (Fsp3) is 0.133. The number of amides is 1. The van der Waals surface area contributed by atoms with Crippen molar-refractivity contribution < 1.29 is 9.53 Å². The molecular formula is C15H15N3O2S. The van der Waals surface area contributed by atoms with Crippen molar-refractivity contribution in [1.29, 1.82) is 0 Å². The summed E-state index contributed by atoms with van der Waals surface area (Å²) in [5, 5.41) is 2.80. The van der Waals surface area contributed by atoms with Gasteiger partial charge in [-0.1, -0.05) is 24.4 Å². The summed E-state index contributed by atoms with van der Waals surface area (Å²) in [5.74, 6) is 0.288. The number of pyridine rings is 1. The molecule has 3 N–H and O–H groups in total. The zero-order chi connectivity index (χ0) is 15.2. The molecule has 0 fully saturated rings. The lowest BCUT2D eigenvalue weighted by Gasteiger charge is -2.12. The second kappa shape index (κ2) is 6.81. The first-order valence-electron chi connectivity index (χ1n) is 6.30. The maximum absolute atomic E-state index is 12.2. The lowest BCUT2D eigenvalue weighted by molar-refractivity contribution is 0.102. The highest BCUT2D eigenvalue weighted by molar-refractivity contribution is 7.80. The highest BCUT2D eigenvalue weighted by Gasteiger charge is 2.10. The van der Waals surface area contributed by atoms with Crippen LogP contribution in [0.25, 0.3) is 0 Å². The smallest absolute Gasteiger partial charge is 0.255 e. The number of hydrogen-bond donors (Lipinski definition) is 2. The second-order valence-corrected chi connectivity index (χ2v) is 4.92. The van der Waals surface area contributed by atoms with E-state index in [2.05, 4.69) is 10.3 Å². The van der Waals surface area contributed by atoms with Crippen molar-refractivity contribution in [2.45, 2.75) is 6.92 Å². The SMILES string of the molecule is Cc1cc(C(=O)Nc2ccccc2OCC(N)=S)ccn1. The lowest BCUT2D eigenvalue weighted by Crippen LogP contribution is -2.19. The van der Waals surface area contributed by atoms with E-state index in [4.69, 9.17) is 22.7 Å². The fourth-order valence-corrected chi connectivity index (χ4v) is 1.78. The summed E-state index contributed by atoms with van der Waals surface area (Å²) in [7, 11) is 0. The highest BCUT2D eigenvalue weighted by atomic mass is 32.1. The molecule has 0 radical (unpaired) electrons. The largest absolute Gasteiger partial charge is 0.484 e. The molecule has 0 unspecified atom stereocenters. The Hall–Kier alpha value is -2.47. The van der Waals surface area contributed by atoms with Crippen LogP contribution in [0.15, 0.2) is 42.6 Å². The normalized spacial score (nSPS) is 9.95. The van der Waals surface area contributed by atoms with Gasteiger partial charge in [-0.05, 0) is 31.2 Å². The summed E-state index contributed by atoms with van der Waals surface area (Å²) in [6.45, 7) is 1.95. The number of anilines is 1. The molecule has 0 aliphatic heterocycles. The van der Waals surface area contributed by atoms with Gasteiger partial charge < -0.3 is 15.8 Å². The molecule has 0 bridgehead atoms. The van der Waals surface area contributed by atoms with Gasteiger partial charge >= 0.3 is 0 Å². The van der Waals surface area contributed by atoms with Crippen molar-refractivity contribution in [2.24, 2.45) is 5.73 Å². The molecule has 1 amide bonds. The molecule has 0 aliphatic rings. The predicted molar refractivity (Wildman–Crippen MR) is 85.6 cm³/mol. The van der Waals surface area contributed by atoms with E-state index in [9.17, 15) is 4.79 Å². The highest BCUT2D eigenvalue weighted by Crippen LogP contribution is 2.24. The number of thiocarbonyl (C=S) groups is 1. The average Bonchev–Trinajstić information content (AvgIpc) is 2.46. The number of benzene rings is 1. The van der Waals surface area contributed by atoms with E-state index < -0.39 is 0 Å². The molecule has 0 atom stereocenters. The van der Waals surface area contributed by atoms with Crippen molar-refractivity contribution in [3.63, 3.8) is 0 Å². The summed E-state index contributed by atoms with van der Waals surface area (Å²) in [6, 6.07) is 10.5. The number of carbonyl (C=O) groups is 1. The van der Waals surface area contributed by atoms with E-state index in [-0.39, 0.29) is 17.5 Å². The fourth-order valence-electron chi connectivity index (χ4n) is 1.73. The van der Waals surface area contributed by atoms with Gasteiger partial charge in [0.1, 0.15) is 17.3 Å². The minimum Gasteiger partial charge on any atom is -0.484 e. The molecule has 0 spiro atoms. The molecule has 0 saturated carbocycles. The average molecular weight is 301 g/mol. The molecule has 5 nitrogen and oxygen atoms in total. The summed E-state index contributed by atoms with van der Waals surface area (Å²) in [4.78, 5) is 16.5. The zero-order valence-corrected chi connectivity index (χ0v) is 12.3. The monoisotopic (exact) mass is 301 g/mol. The Labute approximate surface area is 128 Å². The first-order chi connectivity index (χ1) is 10.1. The third-order valence-electron chi connectivity index (χ3n) is 2.66. The number of nitrogens with zero attached hydrogens (tertiary/aromatic N) is 1. The van der Waals surface area contributed by atoms with Crippen LogP contribution in [0.3, 0.4) is 0 Å². The number of ether oxygens (including phenoxy) is 1. The third kappa shape index (κ3) is 4.25. The first-order valence-corrected chi connectivity index (χ1v) is 6.71. The van der Waals surface area contributed by atoms with Gasteiger partial charge in [-0.15, -0.1) is 0 Å². The molecule has 1 heterocycles. The Morgan fingerprint density at radius 3 is 2.86 bits per heavy atom. The molecule has 2 rings (SSSR count). The van der Waals surface area contributed by atoms with Gasteiger partial charge in [-0.3, -0.25) is 9.78 Å². The summed E-state index contributed by atoms with van der Waals surface area (Å²) >= 11 is 4.78. The van der Waals surface area contributed by atoms with E-state index in [0.717, 1.165) is 5.69 Å². The van der Waals surface area contributed by atoms with Crippen molar-refractivity contribution in [2.75, 3.05) is 11.9 Å². The number of aromatic nitrogens is 1. The molecule has 2 aromatic rings. The predicted octanol–water partition coefficient (Wildman–Crippen LogP) is 2.31. The number of carbonyl (C=O) groups excluding carboxylic acids is 1. The molecule has 108 valence electrons. The summed E-state index contributed by atoms with van der Waals surface area (Å²) in [5.41, 5.74) is 7.29.